The Kier molecular flexibility index (Phi) is 6.06. The molecule has 1 N–H and O–H groups in total. The molecule has 1 unspecified atom stereocenters. The van der Waals surface area contributed by atoms with E-state index in [1.807, 2.05) is 6.92 Å². The second-order valence-electron chi connectivity index (χ2n) is 7.16. The van der Waals surface area contributed by atoms with Crippen LogP contribution in [0, 0.1) is 17.6 Å². The number of benzene rings is 2. The number of hydrogen-bond donors (Lipinski definition) is 1. The van der Waals surface area contributed by atoms with Gasteiger partial charge < -0.3 is 15.0 Å². The summed E-state index contributed by atoms with van der Waals surface area (Å²) in [6.45, 7) is 2.63. The first kappa shape index (κ1) is 21.3. The average molecular weight is 442 g/mol. The molecule has 1 saturated heterocycles. The molecule has 2 amide bonds. The third kappa shape index (κ3) is 4.41. The Hall–Kier alpha value is -3.89. The van der Waals surface area contributed by atoms with Crippen molar-refractivity contribution in [1.82, 2.24) is 25.5 Å². The van der Waals surface area contributed by atoms with Crippen LogP contribution in [-0.2, 0) is 16.1 Å². The Bertz CT molecular complexity index is 1130. The number of carbonyl (C=O) groups is 2. The van der Waals surface area contributed by atoms with Crippen molar-refractivity contribution < 1.29 is 23.1 Å². The van der Waals surface area contributed by atoms with E-state index in [1.54, 1.807) is 29.2 Å². The zero-order valence-corrected chi connectivity index (χ0v) is 17.2. The van der Waals surface area contributed by atoms with E-state index in [-0.39, 0.29) is 42.8 Å². The number of halogens is 2. The molecule has 0 radical (unpaired) electrons. The summed E-state index contributed by atoms with van der Waals surface area (Å²) in [7, 11) is 0. The molecule has 4 rings (SSSR count). The fourth-order valence-corrected chi connectivity index (χ4v) is 3.47. The van der Waals surface area contributed by atoms with Crippen molar-refractivity contribution in [3.8, 4) is 11.4 Å². The van der Waals surface area contributed by atoms with E-state index in [4.69, 9.17) is 4.74 Å². The largest absolute Gasteiger partial charge is 0.494 e. The van der Waals surface area contributed by atoms with Gasteiger partial charge in [0.25, 0.3) is 0 Å². The van der Waals surface area contributed by atoms with E-state index in [2.05, 4.69) is 20.8 Å². The average Bonchev–Trinajstić information content (AvgIpc) is 3.41. The van der Waals surface area contributed by atoms with Crippen LogP contribution < -0.4 is 15.0 Å². The van der Waals surface area contributed by atoms with Gasteiger partial charge in [-0.25, -0.2) is 8.78 Å². The number of hydrogen-bond acceptors (Lipinski definition) is 6. The Morgan fingerprint density at radius 2 is 1.91 bits per heavy atom. The molecule has 1 atom stereocenters. The highest BCUT2D eigenvalue weighted by molar-refractivity contribution is 6.00. The van der Waals surface area contributed by atoms with Gasteiger partial charge in [-0.05, 0) is 53.7 Å². The minimum atomic E-state index is -1.04. The van der Waals surface area contributed by atoms with E-state index in [0.717, 1.165) is 12.1 Å². The van der Waals surface area contributed by atoms with Gasteiger partial charge in [-0.1, -0.05) is 0 Å². The van der Waals surface area contributed by atoms with E-state index >= 15 is 0 Å². The number of aromatic nitrogens is 4. The Morgan fingerprint density at radius 1 is 1.16 bits per heavy atom. The summed E-state index contributed by atoms with van der Waals surface area (Å²) < 4.78 is 33.3. The monoisotopic (exact) mass is 442 g/mol. The molecule has 9 nitrogen and oxygen atoms in total. The summed E-state index contributed by atoms with van der Waals surface area (Å²) in [5, 5.41) is 13.8. The number of amides is 2. The number of nitrogens with zero attached hydrogens (tertiary/aromatic N) is 5. The van der Waals surface area contributed by atoms with Crippen molar-refractivity contribution in [2.24, 2.45) is 5.92 Å². The first-order chi connectivity index (χ1) is 15.5. The highest BCUT2D eigenvalue weighted by Gasteiger charge is 2.35. The molecule has 2 aromatic carbocycles. The van der Waals surface area contributed by atoms with Crippen LogP contribution in [-0.4, -0.2) is 45.2 Å². The molecule has 166 valence electrons. The van der Waals surface area contributed by atoms with Gasteiger partial charge >= 0.3 is 0 Å². The van der Waals surface area contributed by atoms with E-state index < -0.39 is 17.6 Å². The molecule has 0 aliphatic carbocycles. The maximum absolute atomic E-state index is 13.5. The minimum absolute atomic E-state index is 0.0431. The molecule has 3 aromatic rings. The van der Waals surface area contributed by atoms with Gasteiger partial charge in [0.15, 0.2) is 17.5 Å². The van der Waals surface area contributed by atoms with Crippen molar-refractivity contribution in [2.75, 3.05) is 18.1 Å². The second-order valence-corrected chi connectivity index (χ2v) is 7.16. The van der Waals surface area contributed by atoms with E-state index in [1.165, 1.54) is 10.7 Å². The number of anilines is 1. The third-order valence-electron chi connectivity index (χ3n) is 5.06. The van der Waals surface area contributed by atoms with Crippen molar-refractivity contribution in [3.05, 3.63) is 59.9 Å². The van der Waals surface area contributed by atoms with Crippen molar-refractivity contribution >= 4 is 17.5 Å². The predicted octanol–water partition coefficient (Wildman–Crippen LogP) is 2.01. The SMILES string of the molecule is CCOc1ccc(N2CC(C(=O)NCc3nnnn3-c3ccc(F)c(F)c3)CC2=O)cc1. The lowest BCUT2D eigenvalue weighted by Gasteiger charge is -2.17. The molecule has 32 heavy (non-hydrogen) atoms. The van der Waals surface area contributed by atoms with Crippen LogP contribution in [0.1, 0.15) is 19.2 Å². The maximum Gasteiger partial charge on any atom is 0.227 e. The smallest absolute Gasteiger partial charge is 0.227 e. The quantitative estimate of drug-likeness (QED) is 0.601. The fraction of sp³-hybridized carbons (Fsp3) is 0.286. The van der Waals surface area contributed by atoms with Crippen LogP contribution in [0.15, 0.2) is 42.5 Å². The Balaban J connectivity index is 1.39. The van der Waals surface area contributed by atoms with E-state index in [0.29, 0.717) is 18.0 Å². The molecular weight excluding hydrogens is 422 g/mol. The molecule has 1 aromatic heterocycles. The summed E-state index contributed by atoms with van der Waals surface area (Å²) in [5.41, 5.74) is 0.909. The van der Waals surface area contributed by atoms with Gasteiger partial charge in [0.05, 0.1) is 24.8 Å². The van der Waals surface area contributed by atoms with E-state index in [9.17, 15) is 18.4 Å². The van der Waals surface area contributed by atoms with Crippen LogP contribution in [0.3, 0.4) is 0 Å². The van der Waals surface area contributed by atoms with Crippen LogP contribution in [0.25, 0.3) is 5.69 Å². The minimum Gasteiger partial charge on any atom is -0.494 e. The molecule has 11 heteroatoms. The zero-order chi connectivity index (χ0) is 22.7. The summed E-state index contributed by atoms with van der Waals surface area (Å²) in [6.07, 6.45) is 0.0765. The number of rotatable bonds is 7. The Morgan fingerprint density at radius 3 is 2.62 bits per heavy atom. The summed E-state index contributed by atoms with van der Waals surface area (Å²) in [4.78, 5) is 26.7. The fourth-order valence-electron chi connectivity index (χ4n) is 3.47. The summed E-state index contributed by atoms with van der Waals surface area (Å²) >= 11 is 0. The molecular formula is C21H20F2N6O3. The normalized spacial score (nSPS) is 15.8. The topological polar surface area (TPSA) is 102 Å². The number of tetrazole rings is 1. The lowest BCUT2D eigenvalue weighted by Crippen LogP contribution is -2.33. The number of carbonyl (C=O) groups excluding carboxylic acids is 2. The lowest BCUT2D eigenvalue weighted by molar-refractivity contribution is -0.126. The van der Waals surface area contributed by atoms with Crippen molar-refractivity contribution in [3.63, 3.8) is 0 Å². The molecule has 2 heterocycles. The van der Waals surface area contributed by atoms with Crippen LogP contribution in [0.5, 0.6) is 5.75 Å². The van der Waals surface area contributed by atoms with Gasteiger partial charge in [0.2, 0.25) is 11.8 Å². The lowest BCUT2D eigenvalue weighted by atomic mass is 10.1. The molecule has 0 saturated carbocycles. The summed E-state index contributed by atoms with van der Waals surface area (Å²) in [6, 6.07) is 10.4. The Labute approximate surface area is 182 Å². The number of nitrogens with one attached hydrogen (secondary N) is 1. The first-order valence-electron chi connectivity index (χ1n) is 10.00. The molecule has 0 bridgehead atoms. The van der Waals surface area contributed by atoms with Crippen LogP contribution >= 0.6 is 0 Å². The first-order valence-corrected chi connectivity index (χ1v) is 10.00. The second kappa shape index (κ2) is 9.08. The zero-order valence-electron chi connectivity index (χ0n) is 17.2. The molecule has 1 aliphatic rings. The van der Waals surface area contributed by atoms with Gasteiger partial charge in [-0.3, -0.25) is 9.59 Å². The highest BCUT2D eigenvalue weighted by atomic mass is 19.2. The van der Waals surface area contributed by atoms with Gasteiger partial charge in [-0.15, -0.1) is 5.10 Å². The predicted molar refractivity (Wildman–Crippen MR) is 109 cm³/mol. The van der Waals surface area contributed by atoms with Crippen molar-refractivity contribution in [2.45, 2.75) is 19.9 Å². The van der Waals surface area contributed by atoms with Gasteiger partial charge in [0, 0.05) is 24.7 Å². The molecule has 0 spiro atoms. The van der Waals surface area contributed by atoms with Crippen LogP contribution in [0.4, 0.5) is 14.5 Å². The molecule has 1 aliphatic heterocycles. The van der Waals surface area contributed by atoms with Gasteiger partial charge in [0.1, 0.15) is 5.75 Å². The van der Waals surface area contributed by atoms with Gasteiger partial charge in [-0.2, -0.15) is 4.68 Å². The molecule has 1 fully saturated rings. The maximum atomic E-state index is 13.5. The third-order valence-corrected chi connectivity index (χ3v) is 5.06. The van der Waals surface area contributed by atoms with Crippen LogP contribution in [0.2, 0.25) is 0 Å². The number of ether oxygens (including phenoxy) is 1. The highest BCUT2D eigenvalue weighted by Crippen LogP contribution is 2.27. The van der Waals surface area contributed by atoms with Crippen molar-refractivity contribution in [1.29, 1.82) is 0 Å². The standard InChI is InChI=1S/C21H20F2N6O3/c1-2-32-16-6-3-14(4-7-16)28-12-13(9-20(28)30)21(31)24-11-19-25-26-27-29(19)15-5-8-17(22)18(23)10-15/h3-8,10,13H,2,9,11-12H2,1H3,(H,24,31). The summed E-state index contributed by atoms with van der Waals surface area (Å²) in [5.74, 6) is -2.10.